The summed E-state index contributed by atoms with van der Waals surface area (Å²) in [6.45, 7) is 1.14. The molecule has 11 heteroatoms. The number of rotatable bonds is 9. The first-order valence-electron chi connectivity index (χ1n) is 11.7. The minimum atomic E-state index is -0.567. The summed E-state index contributed by atoms with van der Waals surface area (Å²) in [6, 6.07) is 5.62. The lowest BCUT2D eigenvalue weighted by molar-refractivity contribution is 0.102. The number of benzene rings is 1. The van der Waals surface area contributed by atoms with Crippen molar-refractivity contribution in [2.45, 2.75) is 38.1 Å². The highest BCUT2D eigenvalue weighted by molar-refractivity contribution is 6.03. The van der Waals surface area contributed by atoms with Gasteiger partial charge in [0, 0.05) is 44.0 Å². The first kappa shape index (κ1) is 23.0. The van der Waals surface area contributed by atoms with Crippen LogP contribution in [-0.4, -0.2) is 58.5 Å². The SMILES string of the molecule is COCCCOc1cc2c(cc1OC)-c1cc(=O)c(C(=O)Nc3nn[nH]n3)cn1C(C1CCC1)C2. The van der Waals surface area contributed by atoms with Crippen molar-refractivity contribution in [3.05, 3.63) is 45.7 Å². The second kappa shape index (κ2) is 9.87. The van der Waals surface area contributed by atoms with Crippen molar-refractivity contribution < 1.29 is 19.0 Å². The molecular formula is C24H28N6O5. The average Bonchev–Trinajstić information content (AvgIpc) is 3.33. The molecule has 2 aromatic heterocycles. The van der Waals surface area contributed by atoms with Crippen LogP contribution in [-0.2, 0) is 11.2 Å². The van der Waals surface area contributed by atoms with Gasteiger partial charge in [-0.05, 0) is 48.1 Å². The van der Waals surface area contributed by atoms with Gasteiger partial charge in [0.2, 0.25) is 0 Å². The number of methoxy groups -OCH3 is 2. The number of aromatic amines is 1. The Balaban J connectivity index is 1.54. The Kier molecular flexibility index (Phi) is 6.49. The zero-order valence-electron chi connectivity index (χ0n) is 19.7. The molecule has 1 atom stereocenters. The number of H-pyrrole nitrogens is 1. The number of anilines is 1. The third kappa shape index (κ3) is 4.51. The van der Waals surface area contributed by atoms with E-state index in [9.17, 15) is 9.59 Å². The molecule has 1 aliphatic carbocycles. The highest BCUT2D eigenvalue weighted by Crippen LogP contribution is 2.46. The van der Waals surface area contributed by atoms with Gasteiger partial charge >= 0.3 is 0 Å². The van der Waals surface area contributed by atoms with Crippen LogP contribution in [0, 0.1) is 5.92 Å². The summed E-state index contributed by atoms with van der Waals surface area (Å²) in [5.74, 6) is 1.21. The van der Waals surface area contributed by atoms with Gasteiger partial charge < -0.3 is 18.8 Å². The number of hydrogen-bond acceptors (Lipinski definition) is 8. The van der Waals surface area contributed by atoms with Crippen LogP contribution in [0.3, 0.4) is 0 Å². The van der Waals surface area contributed by atoms with E-state index in [-0.39, 0.29) is 23.0 Å². The summed E-state index contributed by atoms with van der Waals surface area (Å²) in [5.41, 5.74) is 2.44. The number of ether oxygens (including phenoxy) is 3. The molecule has 184 valence electrons. The number of nitrogens with one attached hydrogen (secondary N) is 2. The second-order valence-corrected chi connectivity index (χ2v) is 8.85. The van der Waals surface area contributed by atoms with Crippen molar-refractivity contribution in [2.75, 3.05) is 32.8 Å². The van der Waals surface area contributed by atoms with Crippen molar-refractivity contribution >= 4 is 11.9 Å². The molecule has 3 heterocycles. The number of pyridine rings is 1. The lowest BCUT2D eigenvalue weighted by atomic mass is 9.75. The third-order valence-electron chi connectivity index (χ3n) is 6.79. The first-order valence-corrected chi connectivity index (χ1v) is 11.7. The zero-order chi connectivity index (χ0) is 24.4. The molecule has 1 amide bonds. The number of tetrazole rings is 1. The first-order chi connectivity index (χ1) is 17.1. The van der Waals surface area contributed by atoms with Crippen LogP contribution in [0.4, 0.5) is 5.95 Å². The van der Waals surface area contributed by atoms with Gasteiger partial charge in [-0.1, -0.05) is 11.5 Å². The van der Waals surface area contributed by atoms with E-state index in [2.05, 4.69) is 30.5 Å². The Morgan fingerprint density at radius 3 is 2.74 bits per heavy atom. The van der Waals surface area contributed by atoms with Gasteiger partial charge in [-0.25, -0.2) is 0 Å². The molecule has 1 aromatic carbocycles. The van der Waals surface area contributed by atoms with Crippen molar-refractivity contribution in [3.63, 3.8) is 0 Å². The molecule has 35 heavy (non-hydrogen) atoms. The Morgan fingerprint density at radius 2 is 2.06 bits per heavy atom. The fourth-order valence-electron chi connectivity index (χ4n) is 4.80. The van der Waals surface area contributed by atoms with Crippen molar-refractivity contribution in [2.24, 2.45) is 5.92 Å². The zero-order valence-corrected chi connectivity index (χ0v) is 19.7. The number of amides is 1. The van der Waals surface area contributed by atoms with E-state index >= 15 is 0 Å². The molecule has 3 aromatic rings. The van der Waals surface area contributed by atoms with Crippen LogP contribution >= 0.6 is 0 Å². The molecule has 2 N–H and O–H groups in total. The van der Waals surface area contributed by atoms with Gasteiger partial charge in [0.1, 0.15) is 5.56 Å². The Labute approximate surface area is 201 Å². The monoisotopic (exact) mass is 480 g/mol. The summed E-state index contributed by atoms with van der Waals surface area (Å²) in [5, 5.41) is 15.7. The Hall–Kier alpha value is -3.73. The van der Waals surface area contributed by atoms with Gasteiger partial charge in [-0.15, -0.1) is 5.10 Å². The molecule has 1 fully saturated rings. The minimum absolute atomic E-state index is 0.0146. The molecule has 11 nitrogen and oxygen atoms in total. The maximum atomic E-state index is 13.0. The van der Waals surface area contributed by atoms with Crippen molar-refractivity contribution in [1.29, 1.82) is 0 Å². The maximum absolute atomic E-state index is 13.0. The molecule has 1 unspecified atom stereocenters. The molecule has 0 bridgehead atoms. The Bertz CT molecular complexity index is 1270. The molecule has 1 saturated carbocycles. The van der Waals surface area contributed by atoms with Crippen molar-refractivity contribution in [3.8, 4) is 22.8 Å². The summed E-state index contributed by atoms with van der Waals surface area (Å²) in [7, 11) is 3.27. The van der Waals surface area contributed by atoms with Crippen LogP contribution in [0.2, 0.25) is 0 Å². The maximum Gasteiger partial charge on any atom is 0.270 e. The van der Waals surface area contributed by atoms with Crippen LogP contribution in [0.25, 0.3) is 11.3 Å². The fraction of sp³-hybridized carbons (Fsp3) is 0.458. The average molecular weight is 481 g/mol. The largest absolute Gasteiger partial charge is 0.493 e. The number of carbonyl (C=O) groups is 1. The van der Waals surface area contributed by atoms with E-state index < -0.39 is 5.91 Å². The summed E-state index contributed by atoms with van der Waals surface area (Å²) < 4.78 is 18.8. The number of hydrogen-bond donors (Lipinski definition) is 2. The van der Waals surface area contributed by atoms with E-state index in [1.54, 1.807) is 20.4 Å². The van der Waals surface area contributed by atoms with Gasteiger partial charge in [-0.3, -0.25) is 14.9 Å². The topological polar surface area (TPSA) is 133 Å². The summed E-state index contributed by atoms with van der Waals surface area (Å²) >= 11 is 0. The minimum Gasteiger partial charge on any atom is -0.493 e. The highest BCUT2D eigenvalue weighted by atomic mass is 16.5. The van der Waals surface area contributed by atoms with Gasteiger partial charge in [0.05, 0.1) is 19.4 Å². The van der Waals surface area contributed by atoms with Crippen molar-refractivity contribution in [1.82, 2.24) is 25.2 Å². The van der Waals surface area contributed by atoms with Crippen LogP contribution in [0.1, 0.15) is 47.6 Å². The fourth-order valence-corrected chi connectivity index (χ4v) is 4.80. The number of fused-ring (bicyclic) bond motifs is 3. The quantitative estimate of drug-likeness (QED) is 0.447. The summed E-state index contributed by atoms with van der Waals surface area (Å²) in [4.78, 5) is 25.9. The molecule has 0 radical (unpaired) electrons. The van der Waals surface area contributed by atoms with Crippen LogP contribution in [0.15, 0.2) is 29.2 Å². The normalized spacial score (nSPS) is 16.7. The second-order valence-electron chi connectivity index (χ2n) is 8.85. The Morgan fingerprint density at radius 1 is 1.20 bits per heavy atom. The smallest absolute Gasteiger partial charge is 0.270 e. The standard InChI is InChI=1S/C24H28N6O5/c1-33-7-4-8-35-22-10-15-9-18(14-5-3-6-14)30-13-17(23(32)25-24-26-28-29-27-24)20(31)12-19(30)16(15)11-21(22)34-2/h10-14,18H,3-9H2,1-2H3,(H2,25,26,27,28,29,32). The summed E-state index contributed by atoms with van der Waals surface area (Å²) in [6.07, 6.45) is 6.64. The third-order valence-corrected chi connectivity index (χ3v) is 6.79. The molecule has 0 spiro atoms. The number of nitrogens with zero attached hydrogens (tertiary/aromatic N) is 4. The molecular weight excluding hydrogens is 452 g/mol. The number of aromatic nitrogens is 5. The predicted molar refractivity (Wildman–Crippen MR) is 127 cm³/mol. The predicted octanol–water partition coefficient (Wildman–Crippen LogP) is 2.60. The number of carbonyl (C=O) groups excluding carboxylic acids is 1. The molecule has 5 rings (SSSR count). The molecule has 2 aliphatic rings. The van der Waals surface area contributed by atoms with Gasteiger partial charge in [0.25, 0.3) is 11.9 Å². The van der Waals surface area contributed by atoms with Gasteiger partial charge in [0.15, 0.2) is 16.9 Å². The van der Waals surface area contributed by atoms with E-state index in [1.807, 2.05) is 12.1 Å². The highest BCUT2D eigenvalue weighted by Gasteiger charge is 2.35. The molecule has 0 saturated heterocycles. The van der Waals surface area contributed by atoms with E-state index in [1.165, 1.54) is 12.5 Å². The van der Waals surface area contributed by atoms with Crippen LogP contribution < -0.4 is 20.2 Å². The van der Waals surface area contributed by atoms with E-state index in [4.69, 9.17) is 14.2 Å². The van der Waals surface area contributed by atoms with E-state index in [0.29, 0.717) is 30.6 Å². The lowest BCUT2D eigenvalue weighted by Crippen LogP contribution is -2.33. The lowest BCUT2D eigenvalue weighted by Gasteiger charge is -2.40. The van der Waals surface area contributed by atoms with Crippen LogP contribution in [0.5, 0.6) is 11.5 Å². The molecule has 1 aliphatic heterocycles. The van der Waals surface area contributed by atoms with E-state index in [0.717, 1.165) is 42.5 Å². The van der Waals surface area contributed by atoms with Gasteiger partial charge in [-0.2, -0.15) is 5.21 Å².